The van der Waals surface area contributed by atoms with Gasteiger partial charge in [-0.3, -0.25) is 19.2 Å². The summed E-state index contributed by atoms with van der Waals surface area (Å²) in [7, 11) is 0. The Labute approximate surface area is 228 Å². The van der Waals surface area contributed by atoms with Gasteiger partial charge in [-0.2, -0.15) is 0 Å². The topological polar surface area (TPSA) is 249 Å². The molecular weight excluding hydrogens is 528 g/mol. The van der Waals surface area contributed by atoms with Crippen LogP contribution in [0.2, 0.25) is 0 Å². The first kappa shape index (κ1) is 31.5. The van der Waals surface area contributed by atoms with E-state index in [0.717, 1.165) is 0 Å². The van der Waals surface area contributed by atoms with Crippen molar-refractivity contribution in [2.75, 3.05) is 0 Å². The molecular formula is C26H32N4O10. The van der Waals surface area contributed by atoms with E-state index in [1.54, 1.807) is 12.1 Å². The van der Waals surface area contributed by atoms with Crippen molar-refractivity contribution >= 4 is 29.7 Å². The number of nitrogens with one attached hydrogen (secondary N) is 3. The number of aliphatic hydroxyl groups excluding tert-OH is 1. The SMILES string of the molecule is CC(O)C(NC(=O)C(N)Cc1ccc(O)cc1)C(=O)NC(Cc1ccc(O)cc1)C(=O)NC(CC(=O)O)C(=O)O. The monoisotopic (exact) mass is 560 g/mol. The lowest BCUT2D eigenvalue weighted by Crippen LogP contribution is -2.60. The number of benzene rings is 2. The lowest BCUT2D eigenvalue weighted by Gasteiger charge is -2.26. The Morgan fingerprint density at radius 2 is 1.20 bits per heavy atom. The Hall–Kier alpha value is -4.69. The van der Waals surface area contributed by atoms with Gasteiger partial charge in [-0.25, -0.2) is 4.79 Å². The van der Waals surface area contributed by atoms with Crippen molar-refractivity contribution in [3.05, 3.63) is 59.7 Å². The molecule has 0 aromatic heterocycles. The number of phenols is 2. The zero-order valence-electron chi connectivity index (χ0n) is 21.5. The second-order valence-electron chi connectivity index (χ2n) is 9.13. The fraction of sp³-hybridized carbons (Fsp3) is 0.346. The Balaban J connectivity index is 2.20. The van der Waals surface area contributed by atoms with E-state index in [4.69, 9.17) is 10.8 Å². The van der Waals surface area contributed by atoms with Gasteiger partial charge in [0.15, 0.2) is 0 Å². The van der Waals surface area contributed by atoms with Gasteiger partial charge in [-0.15, -0.1) is 0 Å². The summed E-state index contributed by atoms with van der Waals surface area (Å²) in [5.41, 5.74) is 7.01. The summed E-state index contributed by atoms with van der Waals surface area (Å²) in [4.78, 5) is 61.3. The molecule has 3 amide bonds. The van der Waals surface area contributed by atoms with E-state index in [1.807, 2.05) is 0 Å². The standard InChI is InChI=1S/C26H32N4O10/c1-13(31)22(30-23(36)18(27)10-14-2-6-16(32)7-3-14)25(38)28-19(11-15-4-8-17(33)9-5-15)24(37)29-20(26(39)40)12-21(34)35/h2-9,13,18-20,22,31-33H,10-12,27H2,1H3,(H,28,38)(H,29,37)(H,30,36)(H,34,35)(H,39,40). The van der Waals surface area contributed by atoms with Gasteiger partial charge in [0.05, 0.1) is 18.6 Å². The lowest BCUT2D eigenvalue weighted by atomic mass is 10.0. The summed E-state index contributed by atoms with van der Waals surface area (Å²) in [6.45, 7) is 1.22. The molecule has 0 spiro atoms. The second-order valence-corrected chi connectivity index (χ2v) is 9.13. The summed E-state index contributed by atoms with van der Waals surface area (Å²) < 4.78 is 0. The molecule has 40 heavy (non-hydrogen) atoms. The molecule has 2 aromatic carbocycles. The maximum atomic E-state index is 13.1. The number of carbonyl (C=O) groups is 5. The largest absolute Gasteiger partial charge is 0.508 e. The lowest BCUT2D eigenvalue weighted by molar-refractivity contribution is -0.147. The average molecular weight is 561 g/mol. The molecule has 14 nitrogen and oxygen atoms in total. The first-order valence-electron chi connectivity index (χ1n) is 12.1. The molecule has 0 saturated carbocycles. The normalized spacial score (nSPS) is 14.6. The van der Waals surface area contributed by atoms with Gasteiger partial charge in [-0.1, -0.05) is 24.3 Å². The molecule has 0 aliphatic rings. The quantitative estimate of drug-likeness (QED) is 0.130. The van der Waals surface area contributed by atoms with Crippen molar-refractivity contribution in [1.82, 2.24) is 16.0 Å². The number of aliphatic carboxylic acids is 2. The van der Waals surface area contributed by atoms with Crippen LogP contribution in [0.1, 0.15) is 24.5 Å². The number of phenolic OH excluding ortho intramolecular Hbond substituents is 2. The predicted octanol–water partition coefficient (Wildman–Crippen LogP) is -1.40. The zero-order valence-corrected chi connectivity index (χ0v) is 21.5. The van der Waals surface area contributed by atoms with Crippen molar-refractivity contribution in [3.63, 3.8) is 0 Å². The van der Waals surface area contributed by atoms with E-state index in [9.17, 15) is 44.4 Å². The molecule has 0 saturated heterocycles. The number of amides is 3. The predicted molar refractivity (Wildman–Crippen MR) is 139 cm³/mol. The molecule has 0 radical (unpaired) electrons. The van der Waals surface area contributed by atoms with Crippen LogP contribution < -0.4 is 21.7 Å². The third-order valence-electron chi connectivity index (χ3n) is 5.79. The molecule has 5 unspecified atom stereocenters. The highest BCUT2D eigenvalue weighted by Crippen LogP contribution is 2.13. The van der Waals surface area contributed by atoms with Gasteiger partial charge in [-0.05, 0) is 48.7 Å². The molecule has 2 aromatic rings. The molecule has 5 atom stereocenters. The Morgan fingerprint density at radius 3 is 1.65 bits per heavy atom. The van der Waals surface area contributed by atoms with Crippen LogP contribution in [0.3, 0.4) is 0 Å². The molecule has 0 aliphatic heterocycles. The first-order valence-corrected chi connectivity index (χ1v) is 12.1. The number of carboxylic acid groups (broad SMARTS) is 2. The number of carboxylic acids is 2. The summed E-state index contributed by atoms with van der Waals surface area (Å²) in [6, 6.07) is 5.53. The van der Waals surface area contributed by atoms with E-state index in [-0.39, 0.29) is 24.3 Å². The number of hydrogen-bond donors (Lipinski definition) is 9. The Bertz CT molecular complexity index is 1200. The van der Waals surface area contributed by atoms with E-state index in [2.05, 4.69) is 16.0 Å². The van der Waals surface area contributed by atoms with Gasteiger partial charge < -0.3 is 47.2 Å². The van der Waals surface area contributed by atoms with Gasteiger partial charge in [0, 0.05) is 6.42 Å². The highest BCUT2D eigenvalue weighted by molar-refractivity contribution is 5.95. The third-order valence-corrected chi connectivity index (χ3v) is 5.79. The van der Waals surface area contributed by atoms with E-state index in [0.29, 0.717) is 11.1 Å². The van der Waals surface area contributed by atoms with E-state index < -0.39 is 66.4 Å². The molecule has 10 N–H and O–H groups in total. The number of rotatable bonds is 14. The number of aromatic hydroxyl groups is 2. The number of hydrogen-bond acceptors (Lipinski definition) is 9. The molecule has 2 rings (SSSR count). The van der Waals surface area contributed by atoms with Crippen LogP contribution in [0.15, 0.2) is 48.5 Å². The molecule has 0 heterocycles. The fourth-order valence-corrected chi connectivity index (χ4v) is 3.63. The molecule has 0 fully saturated rings. The van der Waals surface area contributed by atoms with Gasteiger partial charge >= 0.3 is 11.9 Å². The Kier molecular flexibility index (Phi) is 11.4. The van der Waals surface area contributed by atoms with Crippen molar-refractivity contribution < 1.29 is 49.5 Å². The van der Waals surface area contributed by atoms with Crippen molar-refractivity contribution in [1.29, 1.82) is 0 Å². The minimum atomic E-state index is -1.80. The maximum Gasteiger partial charge on any atom is 0.326 e. The van der Waals surface area contributed by atoms with Crippen LogP contribution in [0, 0.1) is 0 Å². The summed E-state index contributed by atoms with van der Waals surface area (Å²) >= 11 is 0. The summed E-state index contributed by atoms with van der Waals surface area (Å²) in [5.74, 6) is -5.95. The van der Waals surface area contributed by atoms with Crippen LogP contribution in [-0.4, -0.2) is 85.5 Å². The Morgan fingerprint density at radius 1 is 0.725 bits per heavy atom. The number of carbonyl (C=O) groups excluding carboxylic acids is 3. The highest BCUT2D eigenvalue weighted by atomic mass is 16.4. The first-order chi connectivity index (χ1) is 18.8. The molecule has 216 valence electrons. The van der Waals surface area contributed by atoms with Gasteiger partial charge in [0.25, 0.3) is 0 Å². The zero-order chi connectivity index (χ0) is 30.0. The van der Waals surface area contributed by atoms with Crippen molar-refractivity contribution in [2.45, 2.75) is 56.5 Å². The second kappa shape index (κ2) is 14.5. The highest BCUT2D eigenvalue weighted by Gasteiger charge is 2.33. The van der Waals surface area contributed by atoms with Gasteiger partial charge in [0.1, 0.15) is 29.6 Å². The van der Waals surface area contributed by atoms with Crippen LogP contribution in [-0.2, 0) is 36.8 Å². The minimum Gasteiger partial charge on any atom is -0.508 e. The van der Waals surface area contributed by atoms with Crippen LogP contribution in [0.4, 0.5) is 0 Å². The number of nitrogens with two attached hydrogens (primary N) is 1. The number of aliphatic hydroxyl groups is 1. The summed E-state index contributed by atoms with van der Waals surface area (Å²) in [6.07, 6.45) is -2.53. The third kappa shape index (κ3) is 9.89. The van der Waals surface area contributed by atoms with Gasteiger partial charge in [0.2, 0.25) is 17.7 Å². The molecule has 14 heteroatoms. The van der Waals surface area contributed by atoms with Crippen molar-refractivity contribution in [2.24, 2.45) is 5.73 Å². The van der Waals surface area contributed by atoms with E-state index >= 15 is 0 Å². The van der Waals surface area contributed by atoms with Crippen LogP contribution in [0.5, 0.6) is 11.5 Å². The average Bonchev–Trinajstić information content (AvgIpc) is 2.88. The smallest absolute Gasteiger partial charge is 0.326 e. The maximum absolute atomic E-state index is 13.1. The van der Waals surface area contributed by atoms with E-state index in [1.165, 1.54) is 43.3 Å². The molecule has 0 aliphatic carbocycles. The fourth-order valence-electron chi connectivity index (χ4n) is 3.63. The summed E-state index contributed by atoms with van der Waals surface area (Å²) in [5, 5.41) is 54.1. The van der Waals surface area contributed by atoms with Crippen LogP contribution in [0.25, 0.3) is 0 Å². The van der Waals surface area contributed by atoms with Crippen molar-refractivity contribution in [3.8, 4) is 11.5 Å². The van der Waals surface area contributed by atoms with Crippen LogP contribution >= 0.6 is 0 Å². The molecule has 0 bridgehead atoms. The minimum absolute atomic E-state index is 0.0242.